The largest absolute Gasteiger partial charge is 0.493 e. The van der Waals surface area contributed by atoms with E-state index in [4.69, 9.17) is 15.2 Å². The van der Waals surface area contributed by atoms with Gasteiger partial charge in [0.15, 0.2) is 11.5 Å². The summed E-state index contributed by atoms with van der Waals surface area (Å²) >= 11 is 0. The van der Waals surface area contributed by atoms with Crippen LogP contribution in [0, 0.1) is 0 Å². The molecule has 0 bridgehead atoms. The van der Waals surface area contributed by atoms with Gasteiger partial charge < -0.3 is 20.5 Å². The van der Waals surface area contributed by atoms with E-state index in [1.807, 2.05) is 0 Å². The van der Waals surface area contributed by atoms with Crippen molar-refractivity contribution in [3.8, 4) is 11.5 Å². The van der Waals surface area contributed by atoms with Crippen molar-refractivity contribution in [1.29, 1.82) is 0 Å². The van der Waals surface area contributed by atoms with Gasteiger partial charge in [0.05, 0.1) is 26.2 Å². The fourth-order valence-corrected chi connectivity index (χ4v) is 2.89. The number of amides is 1. The molecular formula is C16H27N3O5S. The summed E-state index contributed by atoms with van der Waals surface area (Å²) in [5.41, 5.74) is 6.08. The Morgan fingerprint density at radius 2 is 1.96 bits per heavy atom. The van der Waals surface area contributed by atoms with Crippen LogP contribution in [0.25, 0.3) is 0 Å². The van der Waals surface area contributed by atoms with E-state index in [1.165, 1.54) is 26.4 Å². The number of nitrogens with two attached hydrogens (primary N) is 1. The van der Waals surface area contributed by atoms with E-state index < -0.39 is 10.0 Å². The predicted molar refractivity (Wildman–Crippen MR) is 97.8 cm³/mol. The van der Waals surface area contributed by atoms with Gasteiger partial charge in [0.2, 0.25) is 10.0 Å². The van der Waals surface area contributed by atoms with E-state index in [2.05, 4.69) is 17.0 Å². The van der Waals surface area contributed by atoms with Gasteiger partial charge in [0.25, 0.3) is 5.91 Å². The Hall–Kier alpha value is -2.00. The van der Waals surface area contributed by atoms with Gasteiger partial charge >= 0.3 is 0 Å². The van der Waals surface area contributed by atoms with Crippen LogP contribution in [0.1, 0.15) is 36.5 Å². The molecule has 0 fully saturated rings. The third-order valence-corrected chi connectivity index (χ3v) is 4.15. The molecule has 0 saturated heterocycles. The van der Waals surface area contributed by atoms with Gasteiger partial charge in [0.1, 0.15) is 0 Å². The van der Waals surface area contributed by atoms with Crippen LogP contribution in [0.3, 0.4) is 0 Å². The van der Waals surface area contributed by atoms with Crippen LogP contribution < -0.4 is 25.2 Å². The first-order chi connectivity index (χ1) is 11.8. The van der Waals surface area contributed by atoms with Crippen molar-refractivity contribution in [2.24, 2.45) is 5.73 Å². The van der Waals surface area contributed by atoms with Gasteiger partial charge in [-0.2, -0.15) is 0 Å². The molecule has 8 nitrogen and oxygen atoms in total. The van der Waals surface area contributed by atoms with Gasteiger partial charge in [-0.25, -0.2) is 8.42 Å². The molecule has 1 rings (SSSR count). The van der Waals surface area contributed by atoms with Gasteiger partial charge in [-0.15, -0.1) is 0 Å². The molecule has 1 amide bonds. The quantitative estimate of drug-likeness (QED) is 0.569. The van der Waals surface area contributed by atoms with Crippen LogP contribution >= 0.6 is 0 Å². The fraction of sp³-hybridized carbons (Fsp3) is 0.562. The van der Waals surface area contributed by atoms with Crippen LogP contribution in [-0.4, -0.2) is 47.4 Å². The zero-order chi connectivity index (χ0) is 19.0. The smallest absolute Gasteiger partial charge is 0.251 e. The van der Waals surface area contributed by atoms with Crippen LogP contribution in [0.2, 0.25) is 0 Å². The number of sulfonamides is 1. The lowest BCUT2D eigenvalue weighted by Gasteiger charge is -2.19. The Morgan fingerprint density at radius 1 is 1.28 bits per heavy atom. The first-order valence-corrected chi connectivity index (χ1v) is 9.89. The molecule has 1 atom stereocenters. The average Bonchev–Trinajstić information content (AvgIpc) is 2.55. The van der Waals surface area contributed by atoms with Crippen LogP contribution in [0.15, 0.2) is 12.1 Å². The lowest BCUT2D eigenvalue weighted by molar-refractivity contribution is 0.0935. The van der Waals surface area contributed by atoms with Crippen molar-refractivity contribution < 1.29 is 22.7 Å². The van der Waals surface area contributed by atoms with Crippen molar-refractivity contribution >= 4 is 21.6 Å². The Labute approximate surface area is 149 Å². The summed E-state index contributed by atoms with van der Waals surface area (Å²) in [7, 11) is -0.755. The van der Waals surface area contributed by atoms with Gasteiger partial charge in [-0.1, -0.05) is 19.8 Å². The maximum atomic E-state index is 12.5. The molecule has 4 N–H and O–H groups in total. The topological polar surface area (TPSA) is 120 Å². The molecule has 0 saturated carbocycles. The van der Waals surface area contributed by atoms with Crippen LogP contribution in [0.4, 0.5) is 5.69 Å². The second-order valence-electron chi connectivity index (χ2n) is 5.68. The third-order valence-electron chi connectivity index (χ3n) is 3.56. The Bertz CT molecular complexity index is 691. The first-order valence-electron chi connectivity index (χ1n) is 8.00. The number of carbonyl (C=O) groups is 1. The highest BCUT2D eigenvalue weighted by atomic mass is 32.2. The number of rotatable bonds is 10. The third kappa shape index (κ3) is 6.43. The predicted octanol–water partition coefficient (Wildman–Crippen LogP) is 1.32. The minimum absolute atomic E-state index is 0.132. The minimum atomic E-state index is -3.55. The summed E-state index contributed by atoms with van der Waals surface area (Å²) in [5.74, 6) is 0.0917. The van der Waals surface area contributed by atoms with Crippen molar-refractivity contribution in [3.63, 3.8) is 0 Å². The highest BCUT2D eigenvalue weighted by molar-refractivity contribution is 7.92. The lowest BCUT2D eigenvalue weighted by Crippen LogP contribution is -2.40. The number of hydrogen-bond donors (Lipinski definition) is 3. The molecule has 142 valence electrons. The molecule has 0 heterocycles. The Morgan fingerprint density at radius 3 is 2.44 bits per heavy atom. The lowest BCUT2D eigenvalue weighted by atomic mass is 10.1. The molecule has 9 heteroatoms. The second-order valence-corrected chi connectivity index (χ2v) is 7.43. The maximum absolute atomic E-state index is 12.5. The second kappa shape index (κ2) is 9.47. The number of methoxy groups -OCH3 is 2. The van der Waals surface area contributed by atoms with Crippen molar-refractivity contribution in [2.45, 2.75) is 32.2 Å². The Kier molecular flexibility index (Phi) is 7.98. The molecule has 1 unspecified atom stereocenters. The summed E-state index contributed by atoms with van der Waals surface area (Å²) in [6, 6.07) is 2.76. The minimum Gasteiger partial charge on any atom is -0.493 e. The monoisotopic (exact) mass is 373 g/mol. The van der Waals surface area contributed by atoms with E-state index in [0.29, 0.717) is 6.54 Å². The number of benzene rings is 1. The number of carbonyl (C=O) groups excluding carboxylic acids is 1. The number of anilines is 1. The molecule has 0 aliphatic rings. The summed E-state index contributed by atoms with van der Waals surface area (Å²) < 4.78 is 35.9. The average molecular weight is 373 g/mol. The summed E-state index contributed by atoms with van der Waals surface area (Å²) in [6.45, 7) is 2.39. The van der Waals surface area contributed by atoms with Crippen molar-refractivity contribution in [1.82, 2.24) is 5.32 Å². The molecule has 1 aromatic carbocycles. The molecule has 0 aromatic heterocycles. The van der Waals surface area contributed by atoms with Gasteiger partial charge in [0, 0.05) is 18.2 Å². The molecule has 0 spiro atoms. The molecule has 0 aliphatic carbocycles. The maximum Gasteiger partial charge on any atom is 0.251 e. The fourth-order valence-electron chi connectivity index (χ4n) is 2.34. The zero-order valence-electron chi connectivity index (χ0n) is 15.1. The molecule has 1 aromatic rings. The zero-order valence-corrected chi connectivity index (χ0v) is 15.9. The van der Waals surface area contributed by atoms with Gasteiger partial charge in [-0.3, -0.25) is 9.52 Å². The molecule has 25 heavy (non-hydrogen) atoms. The summed E-state index contributed by atoms with van der Waals surface area (Å²) in [6.07, 6.45) is 3.75. The summed E-state index contributed by atoms with van der Waals surface area (Å²) in [4.78, 5) is 12.5. The van der Waals surface area contributed by atoms with E-state index >= 15 is 0 Å². The van der Waals surface area contributed by atoms with Crippen LogP contribution in [0.5, 0.6) is 11.5 Å². The Balaban J connectivity index is 3.17. The standard InChI is InChI=1S/C16H27N3O5S/c1-5-6-7-12(10-17)18-16(20)11-8-13(19-25(4,21)22)15(24-3)14(9-11)23-2/h8-9,12,19H,5-7,10,17H2,1-4H3,(H,18,20). The van der Waals surface area contributed by atoms with E-state index in [0.717, 1.165) is 25.5 Å². The number of hydrogen-bond acceptors (Lipinski definition) is 6. The number of ether oxygens (including phenoxy) is 2. The molecule has 0 radical (unpaired) electrons. The highest BCUT2D eigenvalue weighted by Crippen LogP contribution is 2.37. The van der Waals surface area contributed by atoms with E-state index in [9.17, 15) is 13.2 Å². The van der Waals surface area contributed by atoms with Crippen molar-refractivity contribution in [3.05, 3.63) is 17.7 Å². The van der Waals surface area contributed by atoms with Gasteiger partial charge in [-0.05, 0) is 18.6 Å². The van der Waals surface area contributed by atoms with Crippen molar-refractivity contribution in [2.75, 3.05) is 31.7 Å². The first kappa shape index (κ1) is 21.0. The number of unbranched alkanes of at least 4 members (excludes halogenated alkanes) is 1. The highest BCUT2D eigenvalue weighted by Gasteiger charge is 2.20. The SMILES string of the molecule is CCCCC(CN)NC(=O)c1cc(NS(C)(=O)=O)c(OC)c(OC)c1. The van der Waals surface area contributed by atoms with E-state index in [-0.39, 0.29) is 34.7 Å². The number of nitrogens with one attached hydrogen (secondary N) is 2. The molecular weight excluding hydrogens is 346 g/mol. The van der Waals surface area contributed by atoms with Crippen LogP contribution in [-0.2, 0) is 10.0 Å². The molecule has 0 aliphatic heterocycles. The van der Waals surface area contributed by atoms with E-state index in [1.54, 1.807) is 0 Å². The normalized spacial score (nSPS) is 12.4. The summed E-state index contributed by atoms with van der Waals surface area (Å²) in [5, 5.41) is 2.86.